The van der Waals surface area contributed by atoms with Crippen LogP contribution in [-0.4, -0.2) is 23.0 Å². The Morgan fingerprint density at radius 3 is 2.19 bits per heavy atom. The monoisotopic (exact) mass is 358 g/mol. The first-order valence-corrected chi connectivity index (χ1v) is 9.88. The average molecular weight is 359 g/mol. The summed E-state index contributed by atoms with van der Waals surface area (Å²) in [4.78, 5) is 1.28. The summed E-state index contributed by atoms with van der Waals surface area (Å²) < 4.78 is 0. The van der Waals surface area contributed by atoms with Gasteiger partial charge in [-0.1, -0.05) is 78.9 Å². The summed E-state index contributed by atoms with van der Waals surface area (Å²) in [6, 6.07) is 32.3. The fraction of sp³-hybridized carbons (Fsp3) is 0.174. The maximum absolute atomic E-state index is 4.77. The second-order valence-electron chi connectivity index (χ2n) is 6.47. The molecule has 0 bridgehead atoms. The molecule has 1 fully saturated rings. The van der Waals surface area contributed by atoms with E-state index in [0.717, 1.165) is 13.0 Å². The standard InChI is InChI=1S/C23H22N2S/c1-4-10-19(11-5-1)16-22(26-21-14-8-3-9-15-21)17-24-25-18-23(25)20-12-6-2-7-13-20/h1-15,17,22-23H,16,18H2/b24-17+. The van der Waals surface area contributed by atoms with Gasteiger partial charge in [0.25, 0.3) is 0 Å². The minimum Gasteiger partial charge on any atom is -0.285 e. The quantitative estimate of drug-likeness (QED) is 0.318. The topological polar surface area (TPSA) is 15.4 Å². The van der Waals surface area contributed by atoms with Crippen molar-refractivity contribution in [2.24, 2.45) is 5.10 Å². The smallest absolute Gasteiger partial charge is 0.0912 e. The Morgan fingerprint density at radius 2 is 1.50 bits per heavy atom. The van der Waals surface area contributed by atoms with Crippen LogP contribution in [0, 0.1) is 0 Å². The number of hydrogen-bond donors (Lipinski definition) is 0. The van der Waals surface area contributed by atoms with E-state index in [1.165, 1.54) is 16.0 Å². The van der Waals surface area contributed by atoms with Crippen LogP contribution in [0.2, 0.25) is 0 Å². The van der Waals surface area contributed by atoms with Gasteiger partial charge in [0, 0.05) is 11.1 Å². The minimum atomic E-state index is 0.317. The van der Waals surface area contributed by atoms with Crippen molar-refractivity contribution >= 4 is 18.0 Å². The molecule has 0 saturated carbocycles. The Labute approximate surface area is 159 Å². The van der Waals surface area contributed by atoms with Crippen molar-refractivity contribution in [1.82, 2.24) is 5.01 Å². The van der Waals surface area contributed by atoms with Gasteiger partial charge in [-0.05, 0) is 29.7 Å². The molecule has 2 nitrogen and oxygen atoms in total. The fourth-order valence-electron chi connectivity index (χ4n) is 3.02. The second-order valence-corrected chi connectivity index (χ2v) is 7.78. The lowest BCUT2D eigenvalue weighted by Crippen LogP contribution is -2.10. The molecule has 1 heterocycles. The molecule has 0 N–H and O–H groups in total. The molecule has 1 saturated heterocycles. The zero-order chi connectivity index (χ0) is 17.6. The van der Waals surface area contributed by atoms with Crippen molar-refractivity contribution < 1.29 is 0 Å². The van der Waals surface area contributed by atoms with E-state index in [0.29, 0.717) is 11.3 Å². The summed E-state index contributed by atoms with van der Waals surface area (Å²) in [7, 11) is 0. The van der Waals surface area contributed by atoms with Crippen LogP contribution in [0.3, 0.4) is 0 Å². The second kappa shape index (κ2) is 8.24. The molecule has 3 aromatic rings. The van der Waals surface area contributed by atoms with E-state index in [1.54, 1.807) is 0 Å². The summed E-state index contributed by atoms with van der Waals surface area (Å²) in [6.45, 7) is 1.01. The van der Waals surface area contributed by atoms with E-state index in [1.807, 2.05) is 11.8 Å². The Morgan fingerprint density at radius 1 is 0.885 bits per heavy atom. The number of nitrogens with zero attached hydrogens (tertiary/aromatic N) is 2. The third kappa shape index (κ3) is 4.55. The molecule has 0 spiro atoms. The maximum Gasteiger partial charge on any atom is 0.0912 e. The minimum absolute atomic E-state index is 0.317. The van der Waals surface area contributed by atoms with E-state index < -0.39 is 0 Å². The molecule has 1 aliphatic rings. The van der Waals surface area contributed by atoms with Crippen LogP contribution in [0.15, 0.2) is 101 Å². The lowest BCUT2D eigenvalue weighted by Gasteiger charge is -2.12. The first kappa shape index (κ1) is 16.9. The molecule has 3 heteroatoms. The third-order valence-electron chi connectivity index (χ3n) is 4.46. The molecule has 3 aromatic carbocycles. The normalized spacial score (nSPS) is 17.4. The largest absolute Gasteiger partial charge is 0.285 e. The van der Waals surface area contributed by atoms with Gasteiger partial charge < -0.3 is 0 Å². The van der Waals surface area contributed by atoms with Crippen molar-refractivity contribution in [3.63, 3.8) is 0 Å². The van der Waals surface area contributed by atoms with E-state index >= 15 is 0 Å². The summed E-state index contributed by atoms with van der Waals surface area (Å²) in [6.07, 6.45) is 3.10. The van der Waals surface area contributed by atoms with Crippen LogP contribution in [0.1, 0.15) is 17.2 Å². The molecule has 0 radical (unpaired) electrons. The Balaban J connectivity index is 1.44. The summed E-state index contributed by atoms with van der Waals surface area (Å²) in [5, 5.41) is 7.26. The van der Waals surface area contributed by atoms with E-state index in [-0.39, 0.29) is 0 Å². The first-order chi connectivity index (χ1) is 12.9. The van der Waals surface area contributed by atoms with Gasteiger partial charge in [0.15, 0.2) is 0 Å². The SMILES string of the molecule is C(=N\N1CC1c1ccccc1)/C(Cc1ccccc1)Sc1ccccc1. The highest BCUT2D eigenvalue weighted by Gasteiger charge is 2.34. The van der Waals surface area contributed by atoms with Crippen molar-refractivity contribution in [2.45, 2.75) is 22.6 Å². The number of thioether (sulfide) groups is 1. The fourth-order valence-corrected chi connectivity index (χ4v) is 4.07. The lowest BCUT2D eigenvalue weighted by atomic mass is 10.1. The van der Waals surface area contributed by atoms with Crippen molar-refractivity contribution in [3.05, 3.63) is 102 Å². The molecule has 4 rings (SSSR count). The van der Waals surface area contributed by atoms with Gasteiger partial charge in [0.2, 0.25) is 0 Å². The highest BCUT2D eigenvalue weighted by molar-refractivity contribution is 8.00. The molecular weight excluding hydrogens is 336 g/mol. The molecule has 2 unspecified atom stereocenters. The van der Waals surface area contributed by atoms with Gasteiger partial charge >= 0.3 is 0 Å². The molecule has 1 aliphatic heterocycles. The molecule has 0 aromatic heterocycles. The van der Waals surface area contributed by atoms with Crippen LogP contribution in [-0.2, 0) is 6.42 Å². The Bertz CT molecular complexity index is 792. The van der Waals surface area contributed by atoms with Crippen LogP contribution < -0.4 is 0 Å². The summed E-state index contributed by atoms with van der Waals surface area (Å²) in [5.74, 6) is 0. The van der Waals surface area contributed by atoms with Gasteiger partial charge in [0.1, 0.15) is 0 Å². The van der Waals surface area contributed by atoms with E-state index in [9.17, 15) is 0 Å². The van der Waals surface area contributed by atoms with Gasteiger partial charge in [-0.15, -0.1) is 11.8 Å². The van der Waals surface area contributed by atoms with Crippen LogP contribution in [0.5, 0.6) is 0 Å². The van der Waals surface area contributed by atoms with Gasteiger partial charge in [-0.25, -0.2) is 0 Å². The summed E-state index contributed by atoms with van der Waals surface area (Å²) in [5.41, 5.74) is 2.69. The zero-order valence-corrected chi connectivity index (χ0v) is 15.4. The molecule has 130 valence electrons. The van der Waals surface area contributed by atoms with Gasteiger partial charge in [0.05, 0.1) is 17.8 Å². The van der Waals surface area contributed by atoms with Crippen molar-refractivity contribution in [2.75, 3.05) is 6.54 Å². The predicted octanol–water partition coefficient (Wildman–Crippen LogP) is 5.43. The van der Waals surface area contributed by atoms with Crippen LogP contribution >= 0.6 is 11.8 Å². The third-order valence-corrected chi connectivity index (χ3v) is 5.60. The highest BCUT2D eigenvalue weighted by atomic mass is 32.2. The molecule has 0 aliphatic carbocycles. The predicted molar refractivity (Wildman–Crippen MR) is 111 cm³/mol. The first-order valence-electron chi connectivity index (χ1n) is 9.00. The Kier molecular flexibility index (Phi) is 5.36. The van der Waals surface area contributed by atoms with Gasteiger partial charge in [-0.3, -0.25) is 5.01 Å². The molecular formula is C23H22N2S. The Hall–Kier alpha value is -2.52. The van der Waals surface area contributed by atoms with E-state index in [2.05, 4.69) is 102 Å². The highest BCUT2D eigenvalue weighted by Crippen LogP contribution is 2.35. The lowest BCUT2D eigenvalue weighted by molar-refractivity contribution is 0.554. The zero-order valence-electron chi connectivity index (χ0n) is 14.6. The maximum atomic E-state index is 4.77. The molecule has 26 heavy (non-hydrogen) atoms. The number of hydrogen-bond acceptors (Lipinski definition) is 3. The van der Waals surface area contributed by atoms with Gasteiger partial charge in [-0.2, -0.15) is 5.10 Å². The van der Waals surface area contributed by atoms with Crippen molar-refractivity contribution in [3.8, 4) is 0 Å². The number of benzene rings is 3. The summed E-state index contributed by atoms with van der Waals surface area (Å²) >= 11 is 1.87. The van der Waals surface area contributed by atoms with Crippen molar-refractivity contribution in [1.29, 1.82) is 0 Å². The number of hydrazone groups is 1. The molecule has 0 amide bonds. The molecule has 2 atom stereocenters. The van der Waals surface area contributed by atoms with Crippen LogP contribution in [0.25, 0.3) is 0 Å². The van der Waals surface area contributed by atoms with E-state index in [4.69, 9.17) is 5.10 Å². The number of rotatable bonds is 7. The van der Waals surface area contributed by atoms with Crippen LogP contribution in [0.4, 0.5) is 0 Å². The average Bonchev–Trinajstić information content (AvgIpc) is 3.48.